The molecule has 7 aliphatic rings. The van der Waals surface area contributed by atoms with Gasteiger partial charge in [-0.25, -0.2) is 9.97 Å². The van der Waals surface area contributed by atoms with Crippen molar-refractivity contribution in [3.8, 4) is 5.75 Å². The Bertz CT molecular complexity index is 1560. The van der Waals surface area contributed by atoms with Gasteiger partial charge in [0, 0.05) is 41.6 Å². The van der Waals surface area contributed by atoms with E-state index in [-0.39, 0.29) is 34.6 Å². The Morgan fingerprint density at radius 1 is 1.17 bits per heavy atom. The molecule has 0 saturated carbocycles. The van der Waals surface area contributed by atoms with Crippen molar-refractivity contribution in [2.24, 2.45) is 11.8 Å². The molecule has 0 radical (unpaired) electrons. The normalized spacial score (nSPS) is 23.4. The fourth-order valence-electron chi connectivity index (χ4n) is 7.57. The van der Waals surface area contributed by atoms with Gasteiger partial charge in [0.05, 0.1) is 5.69 Å². The van der Waals surface area contributed by atoms with Crippen molar-refractivity contribution in [1.29, 1.82) is 0 Å². The molecule has 1 fully saturated rings. The highest BCUT2D eigenvalue weighted by Gasteiger charge is 2.57. The number of fused-ring (bicyclic) bond motifs is 2. The SMILES string of the molecule is Cc1nc(C(C)C2(C3C4=CC=C3C=C4)c3ccc(c(C(F)(F)CO)c3)N3CCC2CC3)nc(C(=O)NCC(=O)O)c1O. The third kappa shape index (κ3) is 4.12. The third-order valence-corrected chi connectivity index (χ3v) is 9.48. The molecule has 6 heterocycles. The van der Waals surface area contributed by atoms with Crippen LogP contribution in [-0.4, -0.2) is 63.4 Å². The zero-order valence-electron chi connectivity index (χ0n) is 23.3. The molecule has 42 heavy (non-hydrogen) atoms. The van der Waals surface area contributed by atoms with Crippen LogP contribution in [0.25, 0.3) is 0 Å². The number of carboxylic acids is 1. The fraction of sp³-hybridized carbons (Fsp3) is 0.419. The van der Waals surface area contributed by atoms with E-state index in [1.807, 2.05) is 42.2 Å². The maximum Gasteiger partial charge on any atom is 0.322 e. The second-order valence-corrected chi connectivity index (χ2v) is 11.6. The Labute approximate surface area is 241 Å². The van der Waals surface area contributed by atoms with Gasteiger partial charge in [-0.15, -0.1) is 0 Å². The van der Waals surface area contributed by atoms with Crippen LogP contribution in [0.1, 0.15) is 58.8 Å². The lowest BCUT2D eigenvalue weighted by molar-refractivity contribution is -0.135. The lowest BCUT2D eigenvalue weighted by Crippen LogP contribution is -2.50. The first-order valence-corrected chi connectivity index (χ1v) is 14.0. The molecule has 2 aromatic rings. The summed E-state index contributed by atoms with van der Waals surface area (Å²) in [4.78, 5) is 35.1. The molecule has 9 nitrogen and oxygen atoms in total. The number of rotatable bonds is 8. The van der Waals surface area contributed by atoms with Crippen LogP contribution < -0.4 is 10.2 Å². The van der Waals surface area contributed by atoms with Crippen molar-refractivity contribution in [1.82, 2.24) is 15.3 Å². The zero-order chi connectivity index (χ0) is 30.0. The summed E-state index contributed by atoms with van der Waals surface area (Å²) in [6, 6.07) is 5.15. The average Bonchev–Trinajstić information content (AvgIpc) is 3.62. The quantitative estimate of drug-likeness (QED) is 0.372. The van der Waals surface area contributed by atoms with Crippen molar-refractivity contribution < 1.29 is 33.7 Å². The first kappa shape index (κ1) is 28.0. The minimum absolute atomic E-state index is 0.0119. The number of halogens is 2. The summed E-state index contributed by atoms with van der Waals surface area (Å²) in [5.41, 5.74) is 1.95. The first-order chi connectivity index (χ1) is 20.0. The monoisotopic (exact) mass is 578 g/mol. The number of aryl methyl sites for hydroxylation is 1. The lowest BCUT2D eigenvalue weighted by atomic mass is 9.52. The van der Waals surface area contributed by atoms with Gasteiger partial charge < -0.3 is 25.5 Å². The van der Waals surface area contributed by atoms with Crippen LogP contribution >= 0.6 is 0 Å². The number of carbonyl (C=O) groups is 2. The summed E-state index contributed by atoms with van der Waals surface area (Å²) in [5.74, 6) is -6.48. The number of anilines is 1. The predicted octanol–water partition coefficient (Wildman–Crippen LogP) is 3.71. The Balaban J connectivity index is 1.59. The highest BCUT2D eigenvalue weighted by atomic mass is 19.3. The lowest BCUT2D eigenvalue weighted by Gasteiger charge is -2.51. The number of aromatic nitrogens is 2. The van der Waals surface area contributed by atoms with E-state index in [2.05, 4.69) is 15.3 Å². The molecule has 9 rings (SSSR count). The van der Waals surface area contributed by atoms with Gasteiger partial charge in [0.15, 0.2) is 11.4 Å². The zero-order valence-corrected chi connectivity index (χ0v) is 23.3. The number of aliphatic hydroxyl groups excluding tert-OH is 1. The topological polar surface area (TPSA) is 136 Å². The number of nitrogens with one attached hydrogen (secondary N) is 1. The summed E-state index contributed by atoms with van der Waals surface area (Å²) < 4.78 is 30.7. The van der Waals surface area contributed by atoms with Crippen LogP contribution in [0.2, 0.25) is 0 Å². The number of aliphatic hydroxyl groups is 1. The molecule has 1 aromatic carbocycles. The summed E-state index contributed by atoms with van der Waals surface area (Å²) in [7, 11) is 0. The minimum atomic E-state index is -3.46. The predicted molar refractivity (Wildman–Crippen MR) is 150 cm³/mol. The number of amides is 1. The van der Waals surface area contributed by atoms with Gasteiger partial charge in [-0.2, -0.15) is 8.78 Å². The van der Waals surface area contributed by atoms with Crippen molar-refractivity contribution in [3.63, 3.8) is 0 Å². The second kappa shape index (κ2) is 10.0. The molecule has 220 valence electrons. The number of aliphatic carboxylic acids is 1. The summed E-state index contributed by atoms with van der Waals surface area (Å²) in [6.07, 6.45) is 9.60. The van der Waals surface area contributed by atoms with Gasteiger partial charge in [-0.1, -0.05) is 37.3 Å². The molecule has 2 atom stereocenters. The van der Waals surface area contributed by atoms with E-state index in [0.29, 0.717) is 37.2 Å². The van der Waals surface area contributed by atoms with Gasteiger partial charge in [0.2, 0.25) is 0 Å². The molecule has 1 saturated heterocycles. The Hall–Kier alpha value is -4.12. The fourth-order valence-corrected chi connectivity index (χ4v) is 7.57. The first-order valence-electron chi connectivity index (χ1n) is 14.0. The minimum Gasteiger partial charge on any atom is -0.504 e. The number of carboxylic acid groups (broad SMARTS) is 1. The molecule has 6 bridgehead atoms. The average molecular weight is 579 g/mol. The standard InChI is InChI=1S/C31H32F2N4O5/c1-16(28-35-17(2)27(41)26(36-28)29(42)34-14-24(39)40)31(25-18-3-4-19(25)6-5-18)20-9-11-37(12-10-20)23-8-7-21(31)13-22(23)30(32,33)15-38/h3-8,13,16,20,25,38,41H,9-12,14-15H2,1-2H3,(H,34,42)(H,39,40). The van der Waals surface area contributed by atoms with E-state index in [1.165, 1.54) is 13.0 Å². The van der Waals surface area contributed by atoms with Gasteiger partial charge in [-0.3, -0.25) is 9.59 Å². The number of aromatic hydroxyl groups is 1. The molecule has 1 aromatic heterocycles. The van der Waals surface area contributed by atoms with Crippen molar-refractivity contribution >= 4 is 17.6 Å². The van der Waals surface area contributed by atoms with Crippen LogP contribution in [0, 0.1) is 18.8 Å². The second-order valence-electron chi connectivity index (χ2n) is 11.6. The summed E-state index contributed by atoms with van der Waals surface area (Å²) >= 11 is 0. The van der Waals surface area contributed by atoms with Crippen molar-refractivity contribution in [3.05, 3.63) is 82.0 Å². The Morgan fingerprint density at radius 2 is 1.83 bits per heavy atom. The number of hydrogen-bond acceptors (Lipinski definition) is 7. The summed E-state index contributed by atoms with van der Waals surface area (Å²) in [6.45, 7) is 2.61. The largest absolute Gasteiger partial charge is 0.504 e. The van der Waals surface area contributed by atoms with Gasteiger partial charge >= 0.3 is 5.97 Å². The van der Waals surface area contributed by atoms with E-state index < -0.39 is 48.0 Å². The van der Waals surface area contributed by atoms with E-state index in [4.69, 9.17) is 5.11 Å². The van der Waals surface area contributed by atoms with Crippen molar-refractivity contribution in [2.75, 3.05) is 31.1 Å². The molecule has 2 aliphatic carbocycles. The number of carbonyl (C=O) groups excluding carboxylic acids is 1. The summed E-state index contributed by atoms with van der Waals surface area (Å²) in [5, 5.41) is 31.7. The highest BCUT2D eigenvalue weighted by Crippen LogP contribution is 2.61. The third-order valence-electron chi connectivity index (χ3n) is 9.48. The molecular weight excluding hydrogens is 546 g/mol. The Morgan fingerprint density at radius 3 is 2.43 bits per heavy atom. The molecule has 4 N–H and O–H groups in total. The molecule has 11 heteroatoms. The number of piperidine rings is 1. The smallest absolute Gasteiger partial charge is 0.322 e. The van der Waals surface area contributed by atoms with E-state index >= 15 is 8.78 Å². The van der Waals surface area contributed by atoms with Crippen LogP contribution in [0.5, 0.6) is 5.75 Å². The van der Waals surface area contributed by atoms with E-state index in [1.54, 1.807) is 6.07 Å². The van der Waals surface area contributed by atoms with Gasteiger partial charge in [0.1, 0.15) is 19.0 Å². The number of hydrogen-bond donors (Lipinski definition) is 4. The molecule has 2 unspecified atom stereocenters. The van der Waals surface area contributed by atoms with E-state index in [0.717, 1.165) is 11.1 Å². The van der Waals surface area contributed by atoms with Gasteiger partial charge in [-0.05, 0) is 54.5 Å². The Kier molecular flexibility index (Phi) is 6.68. The maximum atomic E-state index is 15.4. The van der Waals surface area contributed by atoms with Crippen LogP contribution in [0.15, 0.2) is 53.6 Å². The molecule has 1 amide bonds. The molecule has 0 spiro atoms. The molecular formula is C31H32F2N4O5. The molecule has 5 aliphatic heterocycles. The van der Waals surface area contributed by atoms with Crippen molar-refractivity contribution in [2.45, 2.75) is 43.9 Å². The number of allylic oxidation sites excluding steroid dienone is 6. The van der Waals surface area contributed by atoms with Crippen LogP contribution in [0.3, 0.4) is 0 Å². The number of nitrogens with zero attached hydrogens (tertiary/aromatic N) is 3. The van der Waals surface area contributed by atoms with Crippen LogP contribution in [0.4, 0.5) is 14.5 Å². The van der Waals surface area contributed by atoms with Crippen LogP contribution in [-0.2, 0) is 16.1 Å². The number of benzene rings is 1. The van der Waals surface area contributed by atoms with E-state index in [9.17, 15) is 19.8 Å². The maximum absolute atomic E-state index is 15.4. The van der Waals surface area contributed by atoms with Gasteiger partial charge in [0.25, 0.3) is 11.8 Å². The highest BCUT2D eigenvalue weighted by molar-refractivity contribution is 5.96. The number of alkyl halides is 2.